The summed E-state index contributed by atoms with van der Waals surface area (Å²) in [5, 5.41) is 3.14. The van der Waals surface area contributed by atoms with Crippen LogP contribution in [0.5, 0.6) is 5.75 Å². The molecule has 5 heteroatoms. The summed E-state index contributed by atoms with van der Waals surface area (Å²) in [4.78, 5) is 4.20. The predicted octanol–water partition coefficient (Wildman–Crippen LogP) is 3.20. The van der Waals surface area contributed by atoms with E-state index in [4.69, 9.17) is 10.5 Å². The van der Waals surface area contributed by atoms with Gasteiger partial charge in [-0.15, -0.1) is 0 Å². The molecule has 4 nitrogen and oxygen atoms in total. The van der Waals surface area contributed by atoms with E-state index in [1.54, 1.807) is 12.3 Å². The zero-order valence-corrected chi connectivity index (χ0v) is 11.6. The average Bonchev–Trinajstić information content (AvgIpc) is 2.41. The molecule has 0 amide bonds. The maximum Gasteiger partial charge on any atom is 0.167 e. The van der Waals surface area contributed by atoms with E-state index in [1.165, 1.54) is 6.07 Å². The van der Waals surface area contributed by atoms with E-state index in [0.717, 1.165) is 5.69 Å². The van der Waals surface area contributed by atoms with E-state index >= 15 is 0 Å². The lowest BCUT2D eigenvalue weighted by atomic mass is 10.2. The average molecular weight is 275 g/mol. The molecule has 2 rings (SSSR count). The van der Waals surface area contributed by atoms with E-state index in [1.807, 2.05) is 32.0 Å². The number of rotatable bonds is 5. The van der Waals surface area contributed by atoms with E-state index in [2.05, 4.69) is 10.3 Å². The first-order valence-electron chi connectivity index (χ1n) is 6.45. The largest absolute Gasteiger partial charge is 0.488 e. The highest BCUT2D eigenvalue weighted by Crippen LogP contribution is 2.29. The monoisotopic (exact) mass is 275 g/mol. The van der Waals surface area contributed by atoms with Crippen LogP contribution in [0.4, 0.5) is 15.8 Å². The summed E-state index contributed by atoms with van der Waals surface area (Å²) in [6.07, 6.45) is 1.62. The minimum atomic E-state index is -0.459. The Kier molecular flexibility index (Phi) is 4.40. The molecule has 0 fully saturated rings. The first-order chi connectivity index (χ1) is 9.56. The first kappa shape index (κ1) is 14.1. The van der Waals surface area contributed by atoms with Crippen molar-refractivity contribution in [3.8, 4) is 5.75 Å². The zero-order valence-electron chi connectivity index (χ0n) is 11.6. The van der Waals surface area contributed by atoms with Crippen molar-refractivity contribution in [2.24, 2.45) is 0 Å². The Bertz CT molecular complexity index is 573. The highest BCUT2D eigenvalue weighted by molar-refractivity contribution is 5.68. The Balaban J connectivity index is 2.14. The van der Waals surface area contributed by atoms with Crippen LogP contribution in [0.3, 0.4) is 0 Å². The van der Waals surface area contributed by atoms with Gasteiger partial charge in [0.15, 0.2) is 11.6 Å². The van der Waals surface area contributed by atoms with Gasteiger partial charge in [0.2, 0.25) is 0 Å². The van der Waals surface area contributed by atoms with Crippen LogP contribution in [0.15, 0.2) is 36.5 Å². The molecule has 1 aromatic heterocycles. The molecule has 106 valence electrons. The molecule has 0 aliphatic heterocycles. The quantitative estimate of drug-likeness (QED) is 0.823. The summed E-state index contributed by atoms with van der Waals surface area (Å²) in [6.45, 7) is 4.20. The second kappa shape index (κ2) is 6.23. The molecular formula is C15H18FN3O. The molecule has 2 aromatic rings. The van der Waals surface area contributed by atoms with Gasteiger partial charge >= 0.3 is 0 Å². The van der Waals surface area contributed by atoms with Crippen LogP contribution in [0, 0.1) is 5.82 Å². The zero-order chi connectivity index (χ0) is 14.5. The number of ether oxygens (including phenoxy) is 1. The molecule has 0 radical (unpaired) electrons. The van der Waals surface area contributed by atoms with E-state index in [0.29, 0.717) is 17.9 Å². The number of halogens is 1. The van der Waals surface area contributed by atoms with Crippen molar-refractivity contribution in [2.75, 3.05) is 11.1 Å². The molecule has 0 spiro atoms. The van der Waals surface area contributed by atoms with Crippen LogP contribution in [-0.2, 0) is 6.54 Å². The van der Waals surface area contributed by atoms with Crippen LogP contribution in [0.1, 0.15) is 19.5 Å². The summed E-state index contributed by atoms with van der Waals surface area (Å²) in [5.74, 6) is -0.266. The minimum Gasteiger partial charge on any atom is -0.488 e. The van der Waals surface area contributed by atoms with Crippen LogP contribution in [-0.4, -0.2) is 11.1 Å². The van der Waals surface area contributed by atoms with Crippen molar-refractivity contribution in [3.63, 3.8) is 0 Å². The number of nitrogens with two attached hydrogens (primary N) is 1. The van der Waals surface area contributed by atoms with Crippen molar-refractivity contribution < 1.29 is 9.13 Å². The van der Waals surface area contributed by atoms with Crippen LogP contribution < -0.4 is 15.8 Å². The predicted molar refractivity (Wildman–Crippen MR) is 78.1 cm³/mol. The second-order valence-electron chi connectivity index (χ2n) is 4.71. The van der Waals surface area contributed by atoms with Gasteiger partial charge in [-0.3, -0.25) is 4.98 Å². The molecule has 20 heavy (non-hydrogen) atoms. The summed E-state index contributed by atoms with van der Waals surface area (Å²) in [5.41, 5.74) is 7.66. The Morgan fingerprint density at radius 3 is 2.80 bits per heavy atom. The number of pyridine rings is 1. The van der Waals surface area contributed by atoms with Crippen molar-refractivity contribution in [3.05, 3.63) is 48.0 Å². The Morgan fingerprint density at radius 2 is 2.15 bits per heavy atom. The van der Waals surface area contributed by atoms with Gasteiger partial charge in [-0.1, -0.05) is 6.07 Å². The molecule has 1 aromatic carbocycles. The molecule has 0 aliphatic rings. The van der Waals surface area contributed by atoms with Crippen molar-refractivity contribution >= 4 is 11.4 Å². The molecule has 0 unspecified atom stereocenters. The topological polar surface area (TPSA) is 60.2 Å². The number of anilines is 2. The molecule has 0 aliphatic carbocycles. The third kappa shape index (κ3) is 3.60. The molecule has 3 N–H and O–H groups in total. The lowest BCUT2D eigenvalue weighted by Crippen LogP contribution is -2.09. The van der Waals surface area contributed by atoms with Crippen LogP contribution in [0.25, 0.3) is 0 Å². The molecule has 0 bridgehead atoms. The van der Waals surface area contributed by atoms with Gasteiger partial charge in [0.05, 0.1) is 29.7 Å². The summed E-state index contributed by atoms with van der Waals surface area (Å²) in [7, 11) is 0. The maximum atomic E-state index is 13.7. The van der Waals surface area contributed by atoms with Gasteiger partial charge in [0, 0.05) is 18.3 Å². The lowest BCUT2D eigenvalue weighted by molar-refractivity contribution is 0.231. The molecule has 0 saturated heterocycles. The molecule has 0 saturated carbocycles. The number of nitrogen functional groups attached to an aromatic ring is 1. The van der Waals surface area contributed by atoms with Gasteiger partial charge in [0.25, 0.3) is 0 Å². The number of hydrogen-bond acceptors (Lipinski definition) is 4. The third-order valence-corrected chi connectivity index (χ3v) is 2.65. The second-order valence-corrected chi connectivity index (χ2v) is 4.71. The van der Waals surface area contributed by atoms with E-state index < -0.39 is 5.82 Å². The maximum absolute atomic E-state index is 13.7. The van der Waals surface area contributed by atoms with E-state index in [-0.39, 0.29) is 11.9 Å². The number of benzene rings is 1. The van der Waals surface area contributed by atoms with Crippen molar-refractivity contribution in [1.82, 2.24) is 4.98 Å². The summed E-state index contributed by atoms with van der Waals surface area (Å²) in [6, 6.07) is 8.50. The smallest absolute Gasteiger partial charge is 0.167 e. The van der Waals surface area contributed by atoms with Gasteiger partial charge in [-0.05, 0) is 26.0 Å². The summed E-state index contributed by atoms with van der Waals surface area (Å²) < 4.78 is 19.1. The van der Waals surface area contributed by atoms with Crippen LogP contribution in [0.2, 0.25) is 0 Å². The number of hydrogen-bond donors (Lipinski definition) is 2. The SMILES string of the molecule is CC(C)Oc1cc(NCc2ccccn2)c(N)cc1F. The molecule has 1 heterocycles. The van der Waals surface area contributed by atoms with Crippen LogP contribution >= 0.6 is 0 Å². The number of aromatic nitrogens is 1. The standard InChI is InChI=1S/C15H18FN3O/c1-10(2)20-15-8-14(13(17)7-12(15)16)19-9-11-5-3-4-6-18-11/h3-8,10,19H,9,17H2,1-2H3. The Labute approximate surface area is 117 Å². The van der Waals surface area contributed by atoms with Gasteiger partial charge in [-0.2, -0.15) is 0 Å². The molecule has 0 atom stereocenters. The van der Waals surface area contributed by atoms with Crippen molar-refractivity contribution in [1.29, 1.82) is 0 Å². The Morgan fingerprint density at radius 1 is 1.35 bits per heavy atom. The highest BCUT2D eigenvalue weighted by atomic mass is 19.1. The van der Waals surface area contributed by atoms with Gasteiger partial charge in [0.1, 0.15) is 0 Å². The third-order valence-electron chi connectivity index (χ3n) is 2.65. The number of nitrogens with zero attached hydrogens (tertiary/aromatic N) is 1. The summed E-state index contributed by atoms with van der Waals surface area (Å²) >= 11 is 0. The first-order valence-corrected chi connectivity index (χ1v) is 6.45. The number of nitrogens with one attached hydrogen (secondary N) is 1. The highest BCUT2D eigenvalue weighted by Gasteiger charge is 2.10. The van der Waals surface area contributed by atoms with E-state index in [9.17, 15) is 4.39 Å². The molecular weight excluding hydrogens is 257 g/mol. The fourth-order valence-electron chi connectivity index (χ4n) is 1.75. The van der Waals surface area contributed by atoms with Gasteiger partial charge < -0.3 is 15.8 Å². The fraction of sp³-hybridized carbons (Fsp3) is 0.267. The fourth-order valence-corrected chi connectivity index (χ4v) is 1.75. The van der Waals surface area contributed by atoms with Gasteiger partial charge in [-0.25, -0.2) is 4.39 Å². The van der Waals surface area contributed by atoms with Crippen molar-refractivity contribution in [2.45, 2.75) is 26.5 Å². The lowest BCUT2D eigenvalue weighted by Gasteiger charge is -2.15. The normalized spacial score (nSPS) is 10.6. The minimum absolute atomic E-state index is 0.100. The Hall–Kier alpha value is -2.30.